The molecule has 68 valence electrons. The summed E-state index contributed by atoms with van der Waals surface area (Å²) in [5, 5.41) is 17.4. The van der Waals surface area contributed by atoms with Crippen LogP contribution >= 0.6 is 0 Å². The molecule has 0 spiro atoms. The maximum Gasteiger partial charge on any atom is 0.354 e. The minimum absolute atomic E-state index is 0.0529. The fourth-order valence-electron chi connectivity index (χ4n) is 1.20. The number of carboxylic acid groups (broad SMARTS) is 1. The monoisotopic (exact) mass is 187 g/mol. The molecule has 2 aromatic rings. The average molecular weight is 187 g/mol. The van der Waals surface area contributed by atoms with E-state index in [1.807, 2.05) is 6.07 Å². The zero-order chi connectivity index (χ0) is 10.1. The number of hydrogen-bond donors (Lipinski definition) is 1. The second-order valence-electron chi connectivity index (χ2n) is 2.71. The Morgan fingerprint density at radius 1 is 1.57 bits per heavy atom. The Morgan fingerprint density at radius 2 is 2.36 bits per heavy atom. The highest BCUT2D eigenvalue weighted by Gasteiger charge is 2.09. The summed E-state index contributed by atoms with van der Waals surface area (Å²) in [5.41, 5.74) is 0.969. The van der Waals surface area contributed by atoms with Crippen molar-refractivity contribution in [2.24, 2.45) is 0 Å². The van der Waals surface area contributed by atoms with E-state index in [4.69, 9.17) is 10.4 Å². The normalized spacial score (nSPS) is 9.93. The minimum Gasteiger partial charge on any atom is -0.477 e. The number of hydrogen-bond acceptors (Lipinski definition) is 3. The molecule has 0 saturated carbocycles. The predicted molar refractivity (Wildman–Crippen MR) is 46.9 cm³/mol. The van der Waals surface area contributed by atoms with Crippen LogP contribution in [0.2, 0.25) is 0 Å². The van der Waals surface area contributed by atoms with Crippen LogP contribution in [0.4, 0.5) is 0 Å². The van der Waals surface area contributed by atoms with Gasteiger partial charge in [-0.05, 0) is 12.1 Å². The van der Waals surface area contributed by atoms with E-state index in [2.05, 4.69) is 4.98 Å². The summed E-state index contributed by atoms with van der Waals surface area (Å²) in [7, 11) is 0. The number of nitrogens with zero attached hydrogens (tertiary/aromatic N) is 3. The molecule has 0 aliphatic carbocycles. The molecule has 2 rings (SSSR count). The van der Waals surface area contributed by atoms with E-state index < -0.39 is 5.97 Å². The van der Waals surface area contributed by atoms with Crippen LogP contribution in [-0.2, 0) is 0 Å². The Bertz CT molecular complexity index is 551. The molecule has 0 aromatic carbocycles. The lowest BCUT2D eigenvalue weighted by Gasteiger charge is -1.96. The van der Waals surface area contributed by atoms with Gasteiger partial charge in [0.2, 0.25) is 0 Å². The summed E-state index contributed by atoms with van der Waals surface area (Å²) in [4.78, 5) is 14.6. The zero-order valence-corrected chi connectivity index (χ0v) is 7.01. The fraction of sp³-hybridized carbons (Fsp3) is 0. The molecule has 0 fully saturated rings. The standard InChI is InChI=1S/C9H5N3O2/c10-3-6-1-2-8-11-4-7(9(13)14)12(8)5-6/h1-2,4-5H,(H,13,14). The van der Waals surface area contributed by atoms with E-state index in [0.717, 1.165) is 0 Å². The van der Waals surface area contributed by atoms with Crippen LogP contribution in [0.5, 0.6) is 0 Å². The third-order valence-corrected chi connectivity index (χ3v) is 1.85. The number of fused-ring (bicyclic) bond motifs is 1. The van der Waals surface area contributed by atoms with Crippen molar-refractivity contribution in [3.63, 3.8) is 0 Å². The summed E-state index contributed by atoms with van der Waals surface area (Å²) in [5.74, 6) is -1.06. The smallest absolute Gasteiger partial charge is 0.354 e. The van der Waals surface area contributed by atoms with Gasteiger partial charge in [0.05, 0.1) is 11.8 Å². The first kappa shape index (κ1) is 8.26. The van der Waals surface area contributed by atoms with Crippen molar-refractivity contribution in [3.05, 3.63) is 35.8 Å². The van der Waals surface area contributed by atoms with Gasteiger partial charge in [0.15, 0.2) is 5.69 Å². The predicted octanol–water partition coefficient (Wildman–Crippen LogP) is 0.904. The molecule has 0 amide bonds. The van der Waals surface area contributed by atoms with Gasteiger partial charge in [-0.15, -0.1) is 0 Å². The first-order valence-electron chi connectivity index (χ1n) is 3.83. The number of rotatable bonds is 1. The van der Waals surface area contributed by atoms with Gasteiger partial charge in [0.25, 0.3) is 0 Å². The molecule has 5 nitrogen and oxygen atoms in total. The van der Waals surface area contributed by atoms with Gasteiger partial charge in [-0.3, -0.25) is 4.40 Å². The number of carbonyl (C=O) groups is 1. The number of pyridine rings is 1. The summed E-state index contributed by atoms with van der Waals surface area (Å²) in [6.07, 6.45) is 2.71. The first-order valence-corrected chi connectivity index (χ1v) is 3.83. The second kappa shape index (κ2) is 2.85. The second-order valence-corrected chi connectivity index (χ2v) is 2.71. The number of aromatic carboxylic acids is 1. The Balaban J connectivity index is 2.77. The van der Waals surface area contributed by atoms with Crippen molar-refractivity contribution >= 4 is 11.6 Å². The van der Waals surface area contributed by atoms with Crippen molar-refractivity contribution in [2.45, 2.75) is 0 Å². The molecule has 2 aromatic heterocycles. The Kier molecular flexibility index (Phi) is 1.68. The first-order chi connectivity index (χ1) is 6.72. The molecule has 1 N–H and O–H groups in total. The molecule has 0 aliphatic heterocycles. The maximum absolute atomic E-state index is 10.7. The Hall–Kier alpha value is -2.35. The molecular weight excluding hydrogens is 182 g/mol. The fourth-order valence-corrected chi connectivity index (χ4v) is 1.20. The molecule has 2 heterocycles. The maximum atomic E-state index is 10.7. The van der Waals surface area contributed by atoms with Crippen LogP contribution in [-0.4, -0.2) is 20.5 Å². The quantitative estimate of drug-likeness (QED) is 0.719. The average Bonchev–Trinajstić information content (AvgIpc) is 2.59. The molecule has 0 unspecified atom stereocenters. The van der Waals surface area contributed by atoms with Gasteiger partial charge in [-0.25, -0.2) is 9.78 Å². The van der Waals surface area contributed by atoms with Crippen molar-refractivity contribution in [1.82, 2.24) is 9.38 Å². The van der Waals surface area contributed by atoms with Gasteiger partial charge < -0.3 is 5.11 Å². The van der Waals surface area contributed by atoms with Crippen LogP contribution in [0.3, 0.4) is 0 Å². The van der Waals surface area contributed by atoms with Crippen LogP contribution < -0.4 is 0 Å². The largest absolute Gasteiger partial charge is 0.477 e. The molecule has 0 radical (unpaired) electrons. The van der Waals surface area contributed by atoms with Crippen LogP contribution in [0, 0.1) is 11.3 Å². The van der Waals surface area contributed by atoms with Crippen LogP contribution in [0.25, 0.3) is 5.65 Å². The van der Waals surface area contributed by atoms with Gasteiger partial charge in [-0.2, -0.15) is 5.26 Å². The summed E-state index contributed by atoms with van der Waals surface area (Å²) >= 11 is 0. The van der Waals surface area contributed by atoms with E-state index in [0.29, 0.717) is 11.2 Å². The number of nitriles is 1. The molecule has 14 heavy (non-hydrogen) atoms. The van der Waals surface area contributed by atoms with Crippen LogP contribution in [0.1, 0.15) is 16.1 Å². The summed E-state index contributed by atoms with van der Waals surface area (Å²) in [6.45, 7) is 0. The molecule has 0 atom stereocenters. The van der Waals surface area contributed by atoms with E-state index in [1.165, 1.54) is 16.8 Å². The lowest BCUT2D eigenvalue weighted by atomic mass is 10.3. The number of imidazole rings is 1. The minimum atomic E-state index is -1.06. The number of carboxylic acids is 1. The zero-order valence-electron chi connectivity index (χ0n) is 7.01. The number of aromatic nitrogens is 2. The van der Waals surface area contributed by atoms with E-state index in [1.54, 1.807) is 12.1 Å². The third kappa shape index (κ3) is 1.10. The summed E-state index contributed by atoms with van der Waals surface area (Å²) < 4.78 is 1.38. The Labute approximate surface area is 78.8 Å². The van der Waals surface area contributed by atoms with Crippen molar-refractivity contribution < 1.29 is 9.90 Å². The van der Waals surface area contributed by atoms with Gasteiger partial charge in [0, 0.05) is 6.20 Å². The lowest BCUT2D eigenvalue weighted by Crippen LogP contribution is -2.01. The molecule has 0 bridgehead atoms. The van der Waals surface area contributed by atoms with E-state index in [-0.39, 0.29) is 5.69 Å². The molecular formula is C9H5N3O2. The summed E-state index contributed by atoms with van der Waals surface area (Å²) in [6, 6.07) is 5.13. The van der Waals surface area contributed by atoms with Gasteiger partial charge >= 0.3 is 5.97 Å². The highest BCUT2D eigenvalue weighted by atomic mass is 16.4. The van der Waals surface area contributed by atoms with E-state index in [9.17, 15) is 4.79 Å². The topological polar surface area (TPSA) is 78.4 Å². The lowest BCUT2D eigenvalue weighted by molar-refractivity contribution is 0.0689. The van der Waals surface area contributed by atoms with Crippen LogP contribution in [0.15, 0.2) is 24.5 Å². The highest BCUT2D eigenvalue weighted by molar-refractivity contribution is 5.86. The SMILES string of the molecule is N#Cc1ccc2ncc(C(=O)O)n2c1. The molecule has 0 aliphatic rings. The third-order valence-electron chi connectivity index (χ3n) is 1.85. The van der Waals surface area contributed by atoms with Gasteiger partial charge in [0.1, 0.15) is 11.7 Å². The van der Waals surface area contributed by atoms with Crippen molar-refractivity contribution in [2.75, 3.05) is 0 Å². The van der Waals surface area contributed by atoms with Crippen molar-refractivity contribution in [3.8, 4) is 6.07 Å². The van der Waals surface area contributed by atoms with Gasteiger partial charge in [-0.1, -0.05) is 0 Å². The molecule has 5 heteroatoms. The van der Waals surface area contributed by atoms with E-state index >= 15 is 0 Å². The Morgan fingerprint density at radius 3 is 3.00 bits per heavy atom. The van der Waals surface area contributed by atoms with Crippen molar-refractivity contribution in [1.29, 1.82) is 5.26 Å². The molecule has 0 saturated heterocycles. The highest BCUT2D eigenvalue weighted by Crippen LogP contribution is 2.08.